The second-order valence-corrected chi connectivity index (χ2v) is 5.34. The van der Waals surface area contributed by atoms with Crippen LogP contribution in [0.25, 0.3) is 0 Å². The summed E-state index contributed by atoms with van der Waals surface area (Å²) in [5, 5.41) is 9.23. The highest BCUT2D eigenvalue weighted by Crippen LogP contribution is 2.26. The molecule has 0 aromatic heterocycles. The summed E-state index contributed by atoms with van der Waals surface area (Å²) in [5.41, 5.74) is 3.11. The summed E-state index contributed by atoms with van der Waals surface area (Å²) in [5.74, 6) is 0. The minimum absolute atomic E-state index is 0.589. The second-order valence-electron chi connectivity index (χ2n) is 5.34. The molecule has 1 aromatic rings. The van der Waals surface area contributed by atoms with Crippen molar-refractivity contribution in [1.82, 2.24) is 4.90 Å². The number of hydrogen-bond acceptors (Lipinski definition) is 3. The highest BCUT2D eigenvalue weighted by molar-refractivity contribution is 5.61. The van der Waals surface area contributed by atoms with Crippen molar-refractivity contribution < 1.29 is 0 Å². The molecule has 0 aliphatic carbocycles. The largest absolute Gasteiger partial charge is 0.369 e. The van der Waals surface area contributed by atoms with E-state index in [1.807, 2.05) is 12.1 Å². The van der Waals surface area contributed by atoms with Gasteiger partial charge in [0.2, 0.25) is 0 Å². The van der Waals surface area contributed by atoms with Gasteiger partial charge in [0.1, 0.15) is 6.07 Å². The Morgan fingerprint density at radius 3 is 2.83 bits per heavy atom. The van der Waals surface area contributed by atoms with E-state index in [0.29, 0.717) is 6.04 Å². The molecule has 1 unspecified atom stereocenters. The lowest BCUT2D eigenvalue weighted by molar-refractivity contribution is 0.258. The van der Waals surface area contributed by atoms with Crippen LogP contribution in [0.1, 0.15) is 24.0 Å². The molecule has 3 nitrogen and oxygen atoms in total. The molecule has 18 heavy (non-hydrogen) atoms. The molecule has 1 atom stereocenters. The fraction of sp³-hybridized carbons (Fsp3) is 0.533. The maximum absolute atomic E-state index is 9.23. The van der Waals surface area contributed by atoms with Crippen molar-refractivity contribution in [3.63, 3.8) is 0 Å². The fourth-order valence-corrected chi connectivity index (χ4v) is 2.59. The molecule has 3 heteroatoms. The predicted octanol–water partition coefficient (Wildman–Crippen LogP) is 2.40. The molecular weight excluding hydrogens is 222 g/mol. The Morgan fingerprint density at radius 2 is 2.17 bits per heavy atom. The summed E-state index contributed by atoms with van der Waals surface area (Å²) in [6.07, 6.45) is 2.44. The maximum atomic E-state index is 9.23. The monoisotopic (exact) mass is 243 g/mol. The summed E-state index contributed by atoms with van der Waals surface area (Å²) >= 11 is 0. The van der Waals surface area contributed by atoms with Gasteiger partial charge >= 0.3 is 0 Å². The highest BCUT2D eigenvalue weighted by Gasteiger charge is 2.23. The van der Waals surface area contributed by atoms with Crippen molar-refractivity contribution in [2.75, 3.05) is 32.1 Å². The summed E-state index contributed by atoms with van der Waals surface area (Å²) in [4.78, 5) is 4.65. The van der Waals surface area contributed by atoms with Crippen molar-refractivity contribution in [2.24, 2.45) is 0 Å². The Balaban J connectivity index is 2.25. The SMILES string of the molecule is Cc1ccc(C#N)c(N2CCCC(N(C)C)C2)c1. The first-order valence-electron chi connectivity index (χ1n) is 6.54. The average Bonchev–Trinajstić information content (AvgIpc) is 2.39. The lowest BCUT2D eigenvalue weighted by Gasteiger charge is -2.38. The van der Waals surface area contributed by atoms with E-state index in [1.54, 1.807) is 0 Å². The van der Waals surface area contributed by atoms with Crippen LogP contribution in [0.3, 0.4) is 0 Å². The van der Waals surface area contributed by atoms with Crippen LogP contribution in [-0.2, 0) is 0 Å². The smallest absolute Gasteiger partial charge is 0.101 e. The van der Waals surface area contributed by atoms with Gasteiger partial charge < -0.3 is 9.80 Å². The summed E-state index contributed by atoms with van der Waals surface area (Å²) in [6.45, 7) is 4.16. The third-order valence-corrected chi connectivity index (χ3v) is 3.74. The number of aryl methyl sites for hydroxylation is 1. The van der Waals surface area contributed by atoms with E-state index in [2.05, 4.69) is 43.0 Å². The molecule has 0 bridgehead atoms. The molecule has 0 spiro atoms. The number of nitrogens with zero attached hydrogens (tertiary/aromatic N) is 3. The lowest BCUT2D eigenvalue weighted by Crippen LogP contribution is -2.45. The Hall–Kier alpha value is -1.53. The number of hydrogen-bond donors (Lipinski definition) is 0. The second kappa shape index (κ2) is 5.41. The van der Waals surface area contributed by atoms with Crippen LogP contribution in [-0.4, -0.2) is 38.1 Å². The maximum Gasteiger partial charge on any atom is 0.101 e. The van der Waals surface area contributed by atoms with Gasteiger partial charge in [-0.2, -0.15) is 5.26 Å². The number of anilines is 1. The Kier molecular flexibility index (Phi) is 3.88. The van der Waals surface area contributed by atoms with Gasteiger partial charge in [-0.25, -0.2) is 0 Å². The minimum atomic E-state index is 0.589. The third kappa shape index (κ3) is 2.65. The van der Waals surface area contributed by atoms with Gasteiger partial charge in [-0.1, -0.05) is 6.07 Å². The number of likely N-dealkylation sites (N-methyl/N-ethyl adjacent to an activating group) is 1. The van der Waals surface area contributed by atoms with Gasteiger partial charge in [-0.15, -0.1) is 0 Å². The minimum Gasteiger partial charge on any atom is -0.369 e. The van der Waals surface area contributed by atoms with E-state index in [-0.39, 0.29) is 0 Å². The number of nitriles is 1. The Bertz CT molecular complexity index is 459. The van der Waals surface area contributed by atoms with Gasteiger partial charge in [0, 0.05) is 19.1 Å². The zero-order chi connectivity index (χ0) is 13.1. The number of benzene rings is 1. The highest BCUT2D eigenvalue weighted by atomic mass is 15.2. The summed E-state index contributed by atoms with van der Waals surface area (Å²) < 4.78 is 0. The molecule has 1 aromatic carbocycles. The van der Waals surface area contributed by atoms with Crippen molar-refractivity contribution in [3.05, 3.63) is 29.3 Å². The first-order valence-corrected chi connectivity index (χ1v) is 6.54. The van der Waals surface area contributed by atoms with Gasteiger partial charge in [0.15, 0.2) is 0 Å². The topological polar surface area (TPSA) is 30.3 Å². The van der Waals surface area contributed by atoms with E-state index in [9.17, 15) is 5.26 Å². The average molecular weight is 243 g/mol. The number of piperidine rings is 1. The van der Waals surface area contributed by atoms with Crippen LogP contribution in [0.5, 0.6) is 0 Å². The van der Waals surface area contributed by atoms with Crippen LogP contribution in [0.15, 0.2) is 18.2 Å². The fourth-order valence-electron chi connectivity index (χ4n) is 2.59. The van der Waals surface area contributed by atoms with Gasteiger partial charge in [0.05, 0.1) is 11.3 Å². The molecule has 1 fully saturated rings. The van der Waals surface area contributed by atoms with E-state index < -0.39 is 0 Å². The van der Waals surface area contributed by atoms with Crippen LogP contribution in [0.4, 0.5) is 5.69 Å². The normalized spacial score (nSPS) is 19.9. The van der Waals surface area contributed by atoms with Crippen LogP contribution in [0.2, 0.25) is 0 Å². The quantitative estimate of drug-likeness (QED) is 0.799. The molecule has 0 radical (unpaired) electrons. The summed E-state index contributed by atoms with van der Waals surface area (Å²) in [7, 11) is 4.27. The zero-order valence-electron chi connectivity index (χ0n) is 11.5. The van der Waals surface area contributed by atoms with Gasteiger partial charge in [-0.3, -0.25) is 0 Å². The van der Waals surface area contributed by atoms with Gasteiger partial charge in [-0.05, 0) is 51.6 Å². The Labute approximate surface area is 110 Å². The molecule has 1 aliphatic rings. The van der Waals surface area contributed by atoms with E-state index in [1.165, 1.54) is 18.4 Å². The Morgan fingerprint density at radius 1 is 1.39 bits per heavy atom. The first kappa shape index (κ1) is 12.9. The molecule has 1 aliphatic heterocycles. The molecule has 0 saturated carbocycles. The lowest BCUT2D eigenvalue weighted by atomic mass is 10.0. The standard InChI is InChI=1S/C15H21N3/c1-12-6-7-13(10-16)15(9-12)18-8-4-5-14(11-18)17(2)3/h6-7,9,14H,4-5,8,11H2,1-3H3. The van der Waals surface area contributed by atoms with Crippen molar-refractivity contribution in [2.45, 2.75) is 25.8 Å². The molecule has 0 amide bonds. The van der Waals surface area contributed by atoms with Crippen LogP contribution < -0.4 is 4.90 Å². The molecule has 96 valence electrons. The first-order chi connectivity index (χ1) is 8.61. The van der Waals surface area contributed by atoms with Crippen molar-refractivity contribution >= 4 is 5.69 Å². The molecular formula is C15H21N3. The van der Waals surface area contributed by atoms with Crippen molar-refractivity contribution in [3.8, 4) is 6.07 Å². The van der Waals surface area contributed by atoms with E-state index >= 15 is 0 Å². The number of rotatable bonds is 2. The zero-order valence-corrected chi connectivity index (χ0v) is 11.5. The van der Waals surface area contributed by atoms with Crippen molar-refractivity contribution in [1.29, 1.82) is 5.26 Å². The summed E-state index contributed by atoms with van der Waals surface area (Å²) in [6, 6.07) is 8.98. The van der Waals surface area contributed by atoms with E-state index in [4.69, 9.17) is 0 Å². The molecule has 2 rings (SSSR count). The predicted molar refractivity (Wildman–Crippen MR) is 74.8 cm³/mol. The van der Waals surface area contributed by atoms with E-state index in [0.717, 1.165) is 24.3 Å². The van der Waals surface area contributed by atoms with Crippen LogP contribution in [0, 0.1) is 18.3 Å². The molecule has 1 saturated heterocycles. The third-order valence-electron chi connectivity index (χ3n) is 3.74. The van der Waals surface area contributed by atoms with Gasteiger partial charge in [0.25, 0.3) is 0 Å². The molecule has 1 heterocycles. The van der Waals surface area contributed by atoms with Crippen LogP contribution >= 0.6 is 0 Å². The molecule has 0 N–H and O–H groups in total.